The molecule has 1 aromatic carbocycles. The quantitative estimate of drug-likeness (QED) is 0.808. The van der Waals surface area contributed by atoms with E-state index in [0.29, 0.717) is 17.6 Å². The zero-order valence-corrected chi connectivity index (χ0v) is 16.0. The number of thiazole rings is 1. The lowest BCUT2D eigenvalue weighted by Crippen LogP contribution is -2.43. The van der Waals surface area contributed by atoms with Gasteiger partial charge in [0, 0.05) is 23.7 Å². The van der Waals surface area contributed by atoms with Gasteiger partial charge in [-0.25, -0.2) is 13.4 Å². The highest BCUT2D eigenvalue weighted by atomic mass is 32.2. The number of sulfonamides is 1. The minimum atomic E-state index is -3.77. The number of aliphatic hydroxyl groups is 1. The van der Waals surface area contributed by atoms with E-state index >= 15 is 0 Å². The van der Waals surface area contributed by atoms with Crippen molar-refractivity contribution in [3.05, 3.63) is 41.4 Å². The molecule has 3 aliphatic rings. The average molecular weight is 406 g/mol. The fraction of sp³-hybridized carbons (Fsp3) is 0.444. The maximum absolute atomic E-state index is 13.3. The smallest absolute Gasteiger partial charge is 0.257 e. The van der Waals surface area contributed by atoms with Crippen molar-refractivity contribution < 1.29 is 18.3 Å². The van der Waals surface area contributed by atoms with Crippen molar-refractivity contribution in [1.29, 1.82) is 0 Å². The Hall–Kier alpha value is -1.81. The first kappa shape index (κ1) is 17.3. The summed E-state index contributed by atoms with van der Waals surface area (Å²) < 4.78 is 28.0. The monoisotopic (exact) mass is 405 g/mol. The van der Waals surface area contributed by atoms with Crippen molar-refractivity contribution in [2.75, 3.05) is 11.9 Å². The van der Waals surface area contributed by atoms with E-state index in [0.717, 1.165) is 12.8 Å². The summed E-state index contributed by atoms with van der Waals surface area (Å²) in [6.07, 6.45) is 2.83. The topological polar surface area (TPSA) is 99.6 Å². The van der Waals surface area contributed by atoms with Crippen LogP contribution < -0.4 is 5.32 Å². The van der Waals surface area contributed by atoms with E-state index in [1.807, 2.05) is 0 Å². The second-order valence-corrected chi connectivity index (χ2v) is 10.3. The number of carbonyl (C=O) groups is 1. The van der Waals surface area contributed by atoms with Crippen LogP contribution in [-0.2, 0) is 10.0 Å². The molecule has 2 bridgehead atoms. The molecule has 142 valence electrons. The van der Waals surface area contributed by atoms with Crippen LogP contribution in [0.3, 0.4) is 0 Å². The van der Waals surface area contributed by atoms with Gasteiger partial charge >= 0.3 is 0 Å². The van der Waals surface area contributed by atoms with Gasteiger partial charge in [0.15, 0.2) is 5.13 Å². The molecule has 1 saturated heterocycles. The molecule has 2 aliphatic carbocycles. The molecule has 0 radical (unpaired) electrons. The van der Waals surface area contributed by atoms with Gasteiger partial charge < -0.3 is 5.11 Å². The number of anilines is 1. The van der Waals surface area contributed by atoms with Gasteiger partial charge in [0.1, 0.15) is 0 Å². The first-order valence-electron chi connectivity index (χ1n) is 8.96. The maximum Gasteiger partial charge on any atom is 0.257 e. The van der Waals surface area contributed by atoms with E-state index in [2.05, 4.69) is 10.3 Å². The van der Waals surface area contributed by atoms with Crippen LogP contribution in [0, 0.1) is 17.8 Å². The second-order valence-electron chi connectivity index (χ2n) is 7.53. The molecule has 1 aromatic heterocycles. The van der Waals surface area contributed by atoms with E-state index in [-0.39, 0.29) is 28.3 Å². The Balaban J connectivity index is 1.43. The minimum absolute atomic E-state index is 0.0891. The largest absolute Gasteiger partial charge is 0.391 e. The molecule has 7 nitrogen and oxygen atoms in total. The van der Waals surface area contributed by atoms with Crippen molar-refractivity contribution in [3.8, 4) is 0 Å². The molecular formula is C18H19N3O4S2. The fourth-order valence-corrected chi connectivity index (χ4v) is 7.33. The number of hydrogen-bond acceptors (Lipinski definition) is 6. The van der Waals surface area contributed by atoms with Crippen LogP contribution in [0.2, 0.25) is 0 Å². The van der Waals surface area contributed by atoms with Crippen LogP contribution in [0.15, 0.2) is 40.7 Å². The lowest BCUT2D eigenvalue weighted by atomic mass is 9.88. The number of amides is 1. The second kappa shape index (κ2) is 6.10. The zero-order chi connectivity index (χ0) is 18.8. The standard InChI is InChI=1S/C18H19N3O4S2/c22-16-11-6-12-9-21(15(16)14(12)8-11)27(24,25)13-3-1-2-10(7-13)17(23)20-18-19-4-5-26-18/h1-5,7,11-12,14-16,22H,6,8-9H2,(H,19,20,23)/t11-,12-,14+,15+,16+/m0/s1. The predicted molar refractivity (Wildman–Crippen MR) is 99.9 cm³/mol. The first-order chi connectivity index (χ1) is 12.9. The predicted octanol–water partition coefficient (Wildman–Crippen LogP) is 1.79. The highest BCUT2D eigenvalue weighted by Crippen LogP contribution is 2.56. The van der Waals surface area contributed by atoms with Crippen molar-refractivity contribution in [1.82, 2.24) is 9.29 Å². The SMILES string of the molecule is O=C(Nc1nccs1)c1cccc(S(=O)(=O)N2C[C@@H]3C[C@H]4C[C@H]3[C@@H]2[C@@H]4O)c1. The molecule has 1 aliphatic heterocycles. The van der Waals surface area contributed by atoms with Crippen molar-refractivity contribution in [2.45, 2.75) is 29.9 Å². The number of rotatable bonds is 4. The van der Waals surface area contributed by atoms with E-state index in [1.54, 1.807) is 23.7 Å². The van der Waals surface area contributed by atoms with Crippen LogP contribution in [0.4, 0.5) is 5.13 Å². The van der Waals surface area contributed by atoms with Crippen LogP contribution in [0.1, 0.15) is 23.2 Å². The Morgan fingerprint density at radius 1 is 1.30 bits per heavy atom. The lowest BCUT2D eigenvalue weighted by Gasteiger charge is -2.28. The summed E-state index contributed by atoms with van der Waals surface area (Å²) in [6, 6.07) is 5.73. The Bertz CT molecular complexity index is 990. The van der Waals surface area contributed by atoms with Gasteiger partial charge in [-0.1, -0.05) is 6.07 Å². The van der Waals surface area contributed by atoms with Crippen molar-refractivity contribution in [3.63, 3.8) is 0 Å². The molecule has 2 heterocycles. The molecule has 2 saturated carbocycles. The van der Waals surface area contributed by atoms with Crippen molar-refractivity contribution in [2.24, 2.45) is 17.8 Å². The molecule has 9 heteroatoms. The zero-order valence-electron chi connectivity index (χ0n) is 14.4. The summed E-state index contributed by atoms with van der Waals surface area (Å²) in [7, 11) is -3.77. The number of carbonyl (C=O) groups excluding carboxylic acids is 1. The first-order valence-corrected chi connectivity index (χ1v) is 11.3. The highest BCUT2D eigenvalue weighted by molar-refractivity contribution is 7.89. The fourth-order valence-electron chi connectivity index (χ4n) is 5.02. The molecule has 27 heavy (non-hydrogen) atoms. The number of aliphatic hydroxyl groups excluding tert-OH is 1. The maximum atomic E-state index is 13.3. The Morgan fingerprint density at radius 2 is 2.15 bits per heavy atom. The van der Waals surface area contributed by atoms with Crippen LogP contribution in [0.5, 0.6) is 0 Å². The summed E-state index contributed by atoms with van der Waals surface area (Å²) >= 11 is 1.29. The molecule has 3 fully saturated rings. The van der Waals surface area contributed by atoms with Gasteiger partial charge in [-0.05, 0) is 48.8 Å². The summed E-state index contributed by atoms with van der Waals surface area (Å²) in [6.45, 7) is 0.459. The van der Waals surface area contributed by atoms with Crippen LogP contribution in [0.25, 0.3) is 0 Å². The Labute approximate surface area is 161 Å². The lowest BCUT2D eigenvalue weighted by molar-refractivity contribution is 0.0731. The number of nitrogens with one attached hydrogen (secondary N) is 1. The molecule has 0 unspecified atom stereocenters. The molecule has 0 spiro atoms. The summed E-state index contributed by atoms with van der Waals surface area (Å²) in [5.74, 6) is 0.427. The molecule has 1 amide bonds. The minimum Gasteiger partial charge on any atom is -0.391 e. The molecular weight excluding hydrogens is 386 g/mol. The van der Waals surface area contributed by atoms with E-state index in [4.69, 9.17) is 0 Å². The average Bonchev–Trinajstić information content (AvgIpc) is 3.39. The molecule has 2 N–H and O–H groups in total. The molecule has 5 atom stereocenters. The van der Waals surface area contributed by atoms with Gasteiger partial charge in [-0.2, -0.15) is 4.31 Å². The normalized spacial score (nSPS) is 32.1. The summed E-state index contributed by atoms with van der Waals surface area (Å²) in [5, 5.41) is 15.4. The third-order valence-electron chi connectivity index (χ3n) is 6.16. The van der Waals surface area contributed by atoms with Crippen LogP contribution >= 0.6 is 11.3 Å². The van der Waals surface area contributed by atoms with E-state index < -0.39 is 22.0 Å². The van der Waals surface area contributed by atoms with Gasteiger partial charge in [0.2, 0.25) is 10.0 Å². The number of fused-ring (bicyclic) bond motifs is 1. The number of benzene rings is 1. The molecule has 5 rings (SSSR count). The van der Waals surface area contributed by atoms with Crippen molar-refractivity contribution >= 4 is 32.4 Å². The number of aromatic nitrogens is 1. The Morgan fingerprint density at radius 3 is 2.89 bits per heavy atom. The summed E-state index contributed by atoms with van der Waals surface area (Å²) in [5.41, 5.74) is 0.262. The molecule has 2 aromatic rings. The highest BCUT2D eigenvalue weighted by Gasteiger charge is 2.61. The van der Waals surface area contributed by atoms with Gasteiger partial charge in [-0.15, -0.1) is 11.3 Å². The number of hydrogen-bond donors (Lipinski definition) is 2. The van der Waals surface area contributed by atoms with E-state index in [9.17, 15) is 18.3 Å². The summed E-state index contributed by atoms with van der Waals surface area (Å²) in [4.78, 5) is 16.5. The Kier molecular flexibility index (Phi) is 3.91. The van der Waals surface area contributed by atoms with Crippen LogP contribution in [-0.4, -0.2) is 47.4 Å². The van der Waals surface area contributed by atoms with E-state index in [1.165, 1.54) is 27.8 Å². The number of nitrogens with zero attached hydrogens (tertiary/aromatic N) is 2. The van der Waals surface area contributed by atoms with Gasteiger partial charge in [-0.3, -0.25) is 10.1 Å². The van der Waals surface area contributed by atoms with Gasteiger partial charge in [0.05, 0.1) is 17.0 Å². The van der Waals surface area contributed by atoms with Gasteiger partial charge in [0.25, 0.3) is 5.91 Å². The third-order valence-corrected chi connectivity index (χ3v) is 8.71. The third kappa shape index (κ3) is 2.64.